The summed E-state index contributed by atoms with van der Waals surface area (Å²) in [4.78, 5) is 2.29. The molecule has 0 saturated carbocycles. The summed E-state index contributed by atoms with van der Waals surface area (Å²) >= 11 is 0. The molecule has 49 heavy (non-hydrogen) atoms. The summed E-state index contributed by atoms with van der Waals surface area (Å²) in [7, 11) is 0. The SMILES string of the molecule is c1ccc(-c2ccc(N(c3cccc4c3oc3c5ccccc5ccc43)c3ccc(-c4ccccc4)c4c3oc3ccccc34)cc2)cc1. The van der Waals surface area contributed by atoms with Gasteiger partial charge in [0.2, 0.25) is 0 Å². The van der Waals surface area contributed by atoms with Crippen LogP contribution in [-0.4, -0.2) is 0 Å². The van der Waals surface area contributed by atoms with E-state index in [2.05, 4.69) is 175 Å². The molecule has 230 valence electrons. The van der Waals surface area contributed by atoms with Gasteiger partial charge in [-0.1, -0.05) is 140 Å². The van der Waals surface area contributed by atoms with Gasteiger partial charge in [-0.2, -0.15) is 0 Å². The van der Waals surface area contributed by atoms with Gasteiger partial charge in [0.25, 0.3) is 0 Å². The molecule has 0 fully saturated rings. The molecule has 0 spiro atoms. The molecule has 8 aromatic carbocycles. The molecule has 0 radical (unpaired) electrons. The minimum absolute atomic E-state index is 0.827. The smallest absolute Gasteiger partial charge is 0.160 e. The predicted molar refractivity (Wildman–Crippen MR) is 204 cm³/mol. The molecule has 0 atom stereocenters. The molecule has 2 aromatic heterocycles. The molecule has 0 bridgehead atoms. The van der Waals surface area contributed by atoms with Crippen molar-refractivity contribution in [3.8, 4) is 22.3 Å². The number of benzene rings is 8. The Labute approximate surface area is 282 Å². The average molecular weight is 628 g/mol. The average Bonchev–Trinajstić information content (AvgIpc) is 3.76. The van der Waals surface area contributed by atoms with Crippen molar-refractivity contribution in [1.29, 1.82) is 0 Å². The van der Waals surface area contributed by atoms with Crippen molar-refractivity contribution in [3.05, 3.63) is 176 Å². The first-order valence-corrected chi connectivity index (χ1v) is 16.6. The van der Waals surface area contributed by atoms with Crippen LogP contribution in [0, 0.1) is 0 Å². The van der Waals surface area contributed by atoms with E-state index in [1.54, 1.807) is 0 Å². The van der Waals surface area contributed by atoms with Crippen LogP contribution in [0.15, 0.2) is 185 Å². The molecule has 2 heterocycles. The van der Waals surface area contributed by atoms with Gasteiger partial charge in [0.1, 0.15) is 11.2 Å². The number of fused-ring (bicyclic) bond motifs is 8. The molecule has 0 aliphatic rings. The quantitative estimate of drug-likeness (QED) is 0.190. The maximum absolute atomic E-state index is 6.91. The molecular weight excluding hydrogens is 599 g/mol. The predicted octanol–water partition coefficient (Wildman–Crippen LogP) is 13.4. The Hall–Kier alpha value is -6.58. The van der Waals surface area contributed by atoms with E-state index in [1.807, 2.05) is 6.07 Å². The van der Waals surface area contributed by atoms with Gasteiger partial charge in [0, 0.05) is 32.6 Å². The van der Waals surface area contributed by atoms with E-state index in [0.717, 1.165) is 88.4 Å². The Kier molecular flexibility index (Phi) is 6.18. The summed E-state index contributed by atoms with van der Waals surface area (Å²) < 4.78 is 13.7. The van der Waals surface area contributed by atoms with Crippen LogP contribution in [-0.2, 0) is 0 Å². The molecule has 10 rings (SSSR count). The second-order valence-electron chi connectivity index (χ2n) is 12.5. The third kappa shape index (κ3) is 4.37. The third-order valence-corrected chi connectivity index (χ3v) is 9.67. The van der Waals surface area contributed by atoms with E-state index in [-0.39, 0.29) is 0 Å². The highest BCUT2D eigenvalue weighted by Crippen LogP contribution is 2.48. The number of furan rings is 2. The van der Waals surface area contributed by atoms with Crippen molar-refractivity contribution in [3.63, 3.8) is 0 Å². The van der Waals surface area contributed by atoms with Crippen LogP contribution in [0.5, 0.6) is 0 Å². The van der Waals surface area contributed by atoms with Gasteiger partial charge in [-0.3, -0.25) is 0 Å². The van der Waals surface area contributed by atoms with E-state index in [1.165, 1.54) is 5.56 Å². The number of nitrogens with zero attached hydrogens (tertiary/aromatic N) is 1. The zero-order chi connectivity index (χ0) is 32.3. The minimum Gasteiger partial charge on any atom is -0.454 e. The normalized spacial score (nSPS) is 11.7. The van der Waals surface area contributed by atoms with E-state index in [9.17, 15) is 0 Å². The second-order valence-corrected chi connectivity index (χ2v) is 12.5. The third-order valence-electron chi connectivity index (χ3n) is 9.67. The fourth-order valence-corrected chi connectivity index (χ4v) is 7.38. The molecule has 0 aliphatic heterocycles. The summed E-state index contributed by atoms with van der Waals surface area (Å²) in [5.41, 5.74) is 10.9. The molecule has 0 N–H and O–H groups in total. The van der Waals surface area contributed by atoms with Gasteiger partial charge in [-0.15, -0.1) is 0 Å². The van der Waals surface area contributed by atoms with Crippen LogP contribution >= 0.6 is 0 Å². The fraction of sp³-hybridized carbons (Fsp3) is 0. The van der Waals surface area contributed by atoms with Crippen molar-refractivity contribution < 1.29 is 8.83 Å². The first kappa shape index (κ1) is 27.5. The lowest BCUT2D eigenvalue weighted by Gasteiger charge is -2.26. The number of anilines is 3. The molecule has 10 aromatic rings. The lowest BCUT2D eigenvalue weighted by molar-refractivity contribution is 0.667. The first-order chi connectivity index (χ1) is 24.3. The lowest BCUT2D eigenvalue weighted by Crippen LogP contribution is -2.10. The highest BCUT2D eigenvalue weighted by molar-refractivity contribution is 6.20. The van der Waals surface area contributed by atoms with E-state index < -0.39 is 0 Å². The number of rotatable bonds is 5. The van der Waals surface area contributed by atoms with Crippen molar-refractivity contribution in [2.75, 3.05) is 4.90 Å². The molecule has 0 saturated heterocycles. The summed E-state index contributed by atoms with van der Waals surface area (Å²) in [6.45, 7) is 0. The van der Waals surface area contributed by atoms with Gasteiger partial charge in [-0.25, -0.2) is 0 Å². The van der Waals surface area contributed by atoms with E-state index >= 15 is 0 Å². The standard InChI is InChI=1S/C46H29NO2/c1-3-12-30(13-4-1)31-22-25-34(26-23-31)47(40-20-11-19-37-38-27-24-33-16-7-8-17-36(33)44(38)49-45(37)40)41-29-28-35(32-14-5-2-6-15-32)43-39-18-9-10-21-42(39)48-46(41)43/h1-29H. The Balaban J connectivity index is 1.27. The van der Waals surface area contributed by atoms with Crippen LogP contribution in [0.1, 0.15) is 0 Å². The Bertz CT molecular complexity index is 2810. The maximum Gasteiger partial charge on any atom is 0.160 e. The zero-order valence-corrected chi connectivity index (χ0v) is 26.5. The monoisotopic (exact) mass is 627 g/mol. The van der Waals surface area contributed by atoms with Crippen LogP contribution in [0.3, 0.4) is 0 Å². The molecule has 0 unspecified atom stereocenters. The van der Waals surface area contributed by atoms with Crippen LogP contribution < -0.4 is 4.90 Å². The maximum atomic E-state index is 6.91. The molecule has 0 amide bonds. The topological polar surface area (TPSA) is 29.5 Å². The largest absolute Gasteiger partial charge is 0.454 e. The van der Waals surface area contributed by atoms with Gasteiger partial charge in [0.05, 0.1) is 11.4 Å². The zero-order valence-electron chi connectivity index (χ0n) is 26.5. The molecular formula is C46H29NO2. The second kappa shape index (κ2) is 11.0. The van der Waals surface area contributed by atoms with Crippen molar-refractivity contribution in [2.45, 2.75) is 0 Å². The van der Waals surface area contributed by atoms with Crippen LogP contribution in [0.4, 0.5) is 17.1 Å². The van der Waals surface area contributed by atoms with Crippen LogP contribution in [0.25, 0.3) is 76.9 Å². The van der Waals surface area contributed by atoms with Crippen LogP contribution in [0.2, 0.25) is 0 Å². The van der Waals surface area contributed by atoms with E-state index in [4.69, 9.17) is 8.83 Å². The van der Waals surface area contributed by atoms with Gasteiger partial charge in [0.15, 0.2) is 11.2 Å². The number of hydrogen-bond donors (Lipinski definition) is 0. The van der Waals surface area contributed by atoms with Crippen molar-refractivity contribution >= 4 is 71.7 Å². The lowest BCUT2D eigenvalue weighted by atomic mass is 9.98. The first-order valence-electron chi connectivity index (χ1n) is 16.6. The highest BCUT2D eigenvalue weighted by atomic mass is 16.3. The van der Waals surface area contributed by atoms with E-state index in [0.29, 0.717) is 0 Å². The summed E-state index contributed by atoms with van der Waals surface area (Å²) in [5, 5.41) is 6.62. The molecule has 3 nitrogen and oxygen atoms in total. The van der Waals surface area contributed by atoms with Crippen molar-refractivity contribution in [1.82, 2.24) is 0 Å². The van der Waals surface area contributed by atoms with Gasteiger partial charge >= 0.3 is 0 Å². The molecule has 3 heteroatoms. The Morgan fingerprint density at radius 3 is 1.80 bits per heavy atom. The summed E-state index contributed by atoms with van der Waals surface area (Å²) in [6.07, 6.45) is 0. The number of hydrogen-bond acceptors (Lipinski definition) is 3. The van der Waals surface area contributed by atoms with Gasteiger partial charge in [-0.05, 0) is 64.0 Å². The minimum atomic E-state index is 0.827. The fourth-order valence-electron chi connectivity index (χ4n) is 7.38. The Morgan fingerprint density at radius 2 is 0.980 bits per heavy atom. The number of para-hydroxylation sites is 2. The molecule has 0 aliphatic carbocycles. The Morgan fingerprint density at radius 1 is 0.347 bits per heavy atom. The van der Waals surface area contributed by atoms with Gasteiger partial charge < -0.3 is 13.7 Å². The highest BCUT2D eigenvalue weighted by Gasteiger charge is 2.25. The summed E-state index contributed by atoms with van der Waals surface area (Å²) in [5.74, 6) is 0. The summed E-state index contributed by atoms with van der Waals surface area (Å²) in [6, 6.07) is 61.8. The van der Waals surface area contributed by atoms with Crippen molar-refractivity contribution in [2.24, 2.45) is 0 Å².